The molecule has 1 heteroatoms. The van der Waals surface area contributed by atoms with E-state index in [0.29, 0.717) is 6.42 Å². The highest BCUT2D eigenvalue weighted by Crippen LogP contribution is 2.14. The predicted octanol–water partition coefficient (Wildman–Crippen LogP) is 2.19. The Kier molecular flexibility index (Phi) is 3.53. The van der Waals surface area contributed by atoms with Crippen molar-refractivity contribution in [2.45, 2.75) is 6.42 Å². The van der Waals surface area contributed by atoms with Gasteiger partial charge in [-0.25, -0.2) is 0 Å². The van der Waals surface area contributed by atoms with Gasteiger partial charge < -0.3 is 0 Å². The third-order valence-corrected chi connectivity index (χ3v) is 1.69. The lowest BCUT2D eigenvalue weighted by Gasteiger charge is -1.97. The van der Waals surface area contributed by atoms with Crippen LogP contribution in [0.15, 0.2) is 47.6 Å². The summed E-state index contributed by atoms with van der Waals surface area (Å²) in [5, 5.41) is 0. The molecular weight excluding hydrogens is 160 g/mol. The van der Waals surface area contributed by atoms with Gasteiger partial charge in [0, 0.05) is 12.0 Å². The third kappa shape index (κ3) is 2.96. The number of carbonyl (C=O) groups is 1. The predicted molar refractivity (Wildman–Crippen MR) is 54.0 cm³/mol. The fourth-order valence-electron chi connectivity index (χ4n) is 1.07. The average molecular weight is 170 g/mol. The SMILES string of the molecule is C#CC1=CC=CC=C(/C=C/C=O)C1. The van der Waals surface area contributed by atoms with Crippen molar-refractivity contribution < 1.29 is 4.79 Å². The molecule has 0 unspecified atom stereocenters. The molecule has 0 fully saturated rings. The maximum Gasteiger partial charge on any atom is 0.142 e. The molecule has 64 valence electrons. The molecule has 0 saturated heterocycles. The summed E-state index contributed by atoms with van der Waals surface area (Å²) in [6.45, 7) is 0. The van der Waals surface area contributed by atoms with E-state index in [4.69, 9.17) is 6.42 Å². The Balaban J connectivity index is 2.80. The van der Waals surface area contributed by atoms with Gasteiger partial charge in [-0.2, -0.15) is 0 Å². The molecule has 0 aromatic heterocycles. The molecule has 1 aliphatic rings. The first-order valence-corrected chi connectivity index (χ1v) is 4.01. The van der Waals surface area contributed by atoms with Gasteiger partial charge in [0.2, 0.25) is 0 Å². The van der Waals surface area contributed by atoms with Gasteiger partial charge in [0.15, 0.2) is 0 Å². The number of carbonyl (C=O) groups excluding carboxylic acids is 1. The van der Waals surface area contributed by atoms with Gasteiger partial charge in [-0.15, -0.1) is 6.42 Å². The molecule has 0 amide bonds. The molecule has 0 atom stereocenters. The number of allylic oxidation sites excluding steroid dienone is 8. The number of hydrogen-bond acceptors (Lipinski definition) is 1. The number of terminal acetylenes is 1. The van der Waals surface area contributed by atoms with Crippen molar-refractivity contribution in [3.63, 3.8) is 0 Å². The molecule has 1 nitrogen and oxygen atoms in total. The van der Waals surface area contributed by atoms with Crippen LogP contribution in [0.4, 0.5) is 0 Å². The largest absolute Gasteiger partial charge is 0.299 e. The Hall–Kier alpha value is -1.81. The van der Waals surface area contributed by atoms with Gasteiger partial charge in [-0.3, -0.25) is 4.79 Å². The molecule has 0 heterocycles. The summed E-state index contributed by atoms with van der Waals surface area (Å²) in [5.74, 6) is 2.60. The van der Waals surface area contributed by atoms with Crippen LogP contribution in [0.1, 0.15) is 6.42 Å². The Morgan fingerprint density at radius 2 is 2.15 bits per heavy atom. The first-order chi connectivity index (χ1) is 6.36. The standard InChI is InChI=1S/C12H10O/c1-2-11-6-3-4-7-12(10-11)8-5-9-13/h1,3-9H,10H2/b8-5+. The van der Waals surface area contributed by atoms with E-state index in [1.807, 2.05) is 24.3 Å². The Morgan fingerprint density at radius 1 is 1.38 bits per heavy atom. The lowest BCUT2D eigenvalue weighted by molar-refractivity contribution is -0.104. The van der Waals surface area contributed by atoms with Crippen molar-refractivity contribution in [2.24, 2.45) is 0 Å². The maximum absolute atomic E-state index is 10.1. The fraction of sp³-hybridized carbons (Fsp3) is 0.0833. The van der Waals surface area contributed by atoms with Gasteiger partial charge in [0.05, 0.1) is 0 Å². The Morgan fingerprint density at radius 3 is 2.85 bits per heavy atom. The van der Waals surface area contributed by atoms with Crippen molar-refractivity contribution >= 4 is 6.29 Å². The molecule has 0 aromatic rings. The van der Waals surface area contributed by atoms with Crippen LogP contribution < -0.4 is 0 Å². The van der Waals surface area contributed by atoms with Crippen LogP contribution >= 0.6 is 0 Å². The van der Waals surface area contributed by atoms with E-state index < -0.39 is 0 Å². The molecule has 0 spiro atoms. The van der Waals surface area contributed by atoms with Crippen LogP contribution in [0.25, 0.3) is 0 Å². The van der Waals surface area contributed by atoms with E-state index in [0.717, 1.165) is 17.4 Å². The lowest BCUT2D eigenvalue weighted by Crippen LogP contribution is -1.81. The van der Waals surface area contributed by atoms with Crippen LogP contribution in [0.3, 0.4) is 0 Å². The number of hydrogen-bond donors (Lipinski definition) is 0. The van der Waals surface area contributed by atoms with E-state index >= 15 is 0 Å². The van der Waals surface area contributed by atoms with Crippen LogP contribution in [0.5, 0.6) is 0 Å². The zero-order valence-corrected chi connectivity index (χ0v) is 7.23. The molecule has 0 N–H and O–H groups in total. The van der Waals surface area contributed by atoms with Crippen molar-refractivity contribution in [3.8, 4) is 12.3 Å². The maximum atomic E-state index is 10.1. The first-order valence-electron chi connectivity index (χ1n) is 4.01. The van der Waals surface area contributed by atoms with Gasteiger partial charge in [0.1, 0.15) is 6.29 Å². The normalized spacial score (nSPS) is 15.9. The van der Waals surface area contributed by atoms with Crippen molar-refractivity contribution in [2.75, 3.05) is 0 Å². The highest BCUT2D eigenvalue weighted by molar-refractivity contribution is 5.66. The summed E-state index contributed by atoms with van der Waals surface area (Å²) in [4.78, 5) is 10.1. The first kappa shape index (κ1) is 9.28. The monoisotopic (exact) mass is 170 g/mol. The van der Waals surface area contributed by atoms with E-state index in [1.165, 1.54) is 6.08 Å². The van der Waals surface area contributed by atoms with E-state index in [-0.39, 0.29) is 0 Å². The zero-order chi connectivity index (χ0) is 9.52. The second-order valence-electron chi connectivity index (χ2n) is 2.63. The van der Waals surface area contributed by atoms with Gasteiger partial charge in [0.25, 0.3) is 0 Å². The topological polar surface area (TPSA) is 17.1 Å². The van der Waals surface area contributed by atoms with Crippen LogP contribution in [0, 0.1) is 12.3 Å². The van der Waals surface area contributed by atoms with Crippen molar-refractivity contribution in [1.82, 2.24) is 0 Å². The van der Waals surface area contributed by atoms with Crippen LogP contribution in [0.2, 0.25) is 0 Å². The van der Waals surface area contributed by atoms with Crippen LogP contribution in [-0.2, 0) is 4.79 Å². The molecule has 0 saturated carbocycles. The van der Waals surface area contributed by atoms with Gasteiger partial charge in [-0.1, -0.05) is 36.3 Å². The molecule has 1 aliphatic carbocycles. The fourth-order valence-corrected chi connectivity index (χ4v) is 1.07. The average Bonchev–Trinajstić information content (AvgIpc) is 2.39. The molecule has 0 radical (unpaired) electrons. The summed E-state index contributed by atoms with van der Waals surface area (Å²) in [6, 6.07) is 0. The summed E-state index contributed by atoms with van der Waals surface area (Å²) < 4.78 is 0. The molecule has 1 rings (SSSR count). The highest BCUT2D eigenvalue weighted by atomic mass is 16.1. The summed E-state index contributed by atoms with van der Waals surface area (Å²) in [6.07, 6.45) is 17.7. The second-order valence-corrected chi connectivity index (χ2v) is 2.63. The van der Waals surface area contributed by atoms with Gasteiger partial charge >= 0.3 is 0 Å². The van der Waals surface area contributed by atoms with E-state index in [2.05, 4.69) is 5.92 Å². The lowest BCUT2D eigenvalue weighted by atomic mass is 10.1. The minimum absolute atomic E-state index is 0.716. The van der Waals surface area contributed by atoms with Gasteiger partial charge in [-0.05, 0) is 11.6 Å². The van der Waals surface area contributed by atoms with Crippen LogP contribution in [-0.4, -0.2) is 6.29 Å². The minimum atomic E-state index is 0.716. The molecular formula is C12H10O. The van der Waals surface area contributed by atoms with E-state index in [1.54, 1.807) is 6.08 Å². The molecule has 0 bridgehead atoms. The highest BCUT2D eigenvalue weighted by Gasteiger charge is 1.97. The number of rotatable bonds is 2. The Labute approximate surface area is 78.2 Å². The summed E-state index contributed by atoms with van der Waals surface area (Å²) in [5.41, 5.74) is 1.97. The smallest absolute Gasteiger partial charge is 0.142 e. The minimum Gasteiger partial charge on any atom is -0.299 e. The molecule has 0 aliphatic heterocycles. The number of aldehydes is 1. The molecule has 0 aromatic carbocycles. The summed E-state index contributed by atoms with van der Waals surface area (Å²) >= 11 is 0. The molecule has 13 heavy (non-hydrogen) atoms. The summed E-state index contributed by atoms with van der Waals surface area (Å²) in [7, 11) is 0. The Bertz CT molecular complexity index is 346. The zero-order valence-electron chi connectivity index (χ0n) is 7.23. The van der Waals surface area contributed by atoms with Crippen molar-refractivity contribution in [3.05, 3.63) is 47.6 Å². The van der Waals surface area contributed by atoms with E-state index in [9.17, 15) is 4.79 Å². The third-order valence-electron chi connectivity index (χ3n) is 1.69. The quantitative estimate of drug-likeness (QED) is 0.352. The second kappa shape index (κ2) is 4.95. The van der Waals surface area contributed by atoms with Crippen molar-refractivity contribution in [1.29, 1.82) is 0 Å².